The maximum atomic E-state index is 13.1. The van der Waals surface area contributed by atoms with Crippen molar-refractivity contribution in [1.29, 1.82) is 0 Å². The molecule has 0 N–H and O–H groups in total. The molecule has 0 saturated heterocycles. The molecule has 2 aromatic rings. The van der Waals surface area contributed by atoms with E-state index in [1.807, 2.05) is 42.2 Å². The third-order valence-electron chi connectivity index (χ3n) is 5.35. The molecule has 136 valence electrons. The van der Waals surface area contributed by atoms with Crippen molar-refractivity contribution in [3.63, 3.8) is 0 Å². The fourth-order valence-electron chi connectivity index (χ4n) is 3.92. The van der Waals surface area contributed by atoms with Gasteiger partial charge in [-0.25, -0.2) is 8.42 Å². The molecule has 1 atom stereocenters. The van der Waals surface area contributed by atoms with Crippen LogP contribution in [-0.4, -0.2) is 32.2 Å². The number of carbonyl (C=O) groups is 1. The molecule has 26 heavy (non-hydrogen) atoms. The topological polar surface area (TPSA) is 57.7 Å². The normalized spacial score (nSPS) is 19.1. The molecule has 2 aliphatic rings. The number of sulfonamides is 1. The third-order valence-corrected chi connectivity index (χ3v) is 7.13. The molecular weight excluding hydrogens is 348 g/mol. The molecule has 4 rings (SSSR count). The number of anilines is 1. The van der Waals surface area contributed by atoms with E-state index in [-0.39, 0.29) is 16.7 Å². The van der Waals surface area contributed by atoms with Crippen molar-refractivity contribution in [2.24, 2.45) is 0 Å². The lowest BCUT2D eigenvalue weighted by Gasteiger charge is -2.26. The maximum absolute atomic E-state index is 13.1. The predicted molar refractivity (Wildman–Crippen MR) is 101 cm³/mol. The van der Waals surface area contributed by atoms with Crippen LogP contribution in [0.25, 0.3) is 0 Å². The number of amides is 1. The summed E-state index contributed by atoms with van der Waals surface area (Å²) in [5.74, 6) is -0.204. The predicted octanol–water partition coefficient (Wildman–Crippen LogP) is 2.90. The number of rotatable bonds is 4. The molecule has 0 unspecified atom stereocenters. The van der Waals surface area contributed by atoms with Crippen molar-refractivity contribution < 1.29 is 13.2 Å². The SMILES string of the molecule is C[C@@H]1C(=O)N2CCCc3cc(S(=O)(=O)N(C)Cc4ccccc4)cc1c32. The van der Waals surface area contributed by atoms with Gasteiger partial charge in [-0.1, -0.05) is 30.3 Å². The molecule has 6 heteroatoms. The summed E-state index contributed by atoms with van der Waals surface area (Å²) in [6.07, 6.45) is 1.68. The summed E-state index contributed by atoms with van der Waals surface area (Å²) in [6, 6.07) is 13.0. The largest absolute Gasteiger partial charge is 0.311 e. The Balaban J connectivity index is 1.73. The zero-order chi connectivity index (χ0) is 18.5. The summed E-state index contributed by atoms with van der Waals surface area (Å²) in [5, 5.41) is 0. The van der Waals surface area contributed by atoms with Crippen LogP contribution in [0.15, 0.2) is 47.4 Å². The molecular formula is C20H22N2O3S. The smallest absolute Gasteiger partial charge is 0.243 e. The minimum atomic E-state index is -3.62. The van der Waals surface area contributed by atoms with E-state index < -0.39 is 10.0 Å². The zero-order valence-corrected chi connectivity index (χ0v) is 15.8. The molecule has 0 fully saturated rings. The van der Waals surface area contributed by atoms with Crippen molar-refractivity contribution in [2.75, 3.05) is 18.5 Å². The summed E-state index contributed by atoms with van der Waals surface area (Å²) >= 11 is 0. The van der Waals surface area contributed by atoms with Gasteiger partial charge >= 0.3 is 0 Å². The summed E-state index contributed by atoms with van der Waals surface area (Å²) in [5.41, 5.74) is 3.70. The summed E-state index contributed by atoms with van der Waals surface area (Å²) in [4.78, 5) is 14.6. The molecule has 0 bridgehead atoms. The molecule has 2 heterocycles. The second kappa shape index (κ2) is 6.21. The van der Waals surface area contributed by atoms with Gasteiger partial charge in [-0.3, -0.25) is 4.79 Å². The summed E-state index contributed by atoms with van der Waals surface area (Å²) in [7, 11) is -2.02. The Morgan fingerprint density at radius 2 is 1.92 bits per heavy atom. The number of aryl methyl sites for hydroxylation is 1. The summed E-state index contributed by atoms with van der Waals surface area (Å²) < 4.78 is 27.6. The van der Waals surface area contributed by atoms with E-state index in [2.05, 4.69) is 0 Å². The molecule has 1 amide bonds. The second-order valence-corrected chi connectivity index (χ2v) is 9.13. The minimum absolute atomic E-state index is 0.0770. The molecule has 0 spiro atoms. The van der Waals surface area contributed by atoms with E-state index >= 15 is 0 Å². The van der Waals surface area contributed by atoms with E-state index in [9.17, 15) is 13.2 Å². The van der Waals surface area contributed by atoms with Crippen molar-refractivity contribution in [3.05, 3.63) is 59.2 Å². The molecule has 0 radical (unpaired) electrons. The van der Waals surface area contributed by atoms with Gasteiger partial charge in [0.1, 0.15) is 0 Å². The van der Waals surface area contributed by atoms with Crippen LogP contribution in [0.5, 0.6) is 0 Å². The van der Waals surface area contributed by atoms with Gasteiger partial charge in [0.25, 0.3) is 0 Å². The standard InChI is InChI=1S/C20H22N2O3S/c1-14-18-12-17(11-16-9-6-10-22(19(16)18)20(14)23)26(24,25)21(2)13-15-7-4-3-5-8-15/h3-5,7-8,11-12,14H,6,9-10,13H2,1-2H3/t14-/m0/s1. The Morgan fingerprint density at radius 1 is 1.19 bits per heavy atom. The lowest BCUT2D eigenvalue weighted by atomic mass is 9.97. The van der Waals surface area contributed by atoms with E-state index in [4.69, 9.17) is 0 Å². The van der Waals surface area contributed by atoms with Crippen LogP contribution in [-0.2, 0) is 27.8 Å². The van der Waals surface area contributed by atoms with Gasteiger partial charge in [0.15, 0.2) is 0 Å². The van der Waals surface area contributed by atoms with E-state index in [1.54, 1.807) is 19.2 Å². The number of hydrogen-bond acceptors (Lipinski definition) is 3. The zero-order valence-electron chi connectivity index (χ0n) is 15.0. The van der Waals surface area contributed by atoms with Gasteiger partial charge in [0.2, 0.25) is 15.9 Å². The Morgan fingerprint density at radius 3 is 2.65 bits per heavy atom. The van der Waals surface area contributed by atoms with Gasteiger partial charge in [-0.05, 0) is 48.6 Å². The van der Waals surface area contributed by atoms with Crippen LogP contribution in [0, 0.1) is 0 Å². The molecule has 0 aliphatic carbocycles. The van der Waals surface area contributed by atoms with Crippen molar-refractivity contribution in [1.82, 2.24) is 4.31 Å². The van der Waals surface area contributed by atoms with Crippen LogP contribution in [0.4, 0.5) is 5.69 Å². The maximum Gasteiger partial charge on any atom is 0.243 e. The van der Waals surface area contributed by atoms with Crippen LogP contribution in [0.2, 0.25) is 0 Å². The van der Waals surface area contributed by atoms with Gasteiger partial charge in [0.05, 0.1) is 16.5 Å². The molecule has 2 aromatic carbocycles. The van der Waals surface area contributed by atoms with Crippen molar-refractivity contribution in [2.45, 2.75) is 37.1 Å². The second-order valence-electron chi connectivity index (χ2n) is 7.08. The summed E-state index contributed by atoms with van der Waals surface area (Å²) in [6.45, 7) is 2.90. The molecule has 0 saturated carbocycles. The monoisotopic (exact) mass is 370 g/mol. The van der Waals surface area contributed by atoms with E-state index in [0.29, 0.717) is 6.54 Å². The number of carbonyl (C=O) groups excluding carboxylic acids is 1. The number of hydrogen-bond donors (Lipinski definition) is 0. The lowest BCUT2D eigenvalue weighted by Crippen LogP contribution is -2.32. The first-order chi connectivity index (χ1) is 12.4. The Bertz CT molecular complexity index is 970. The fourth-order valence-corrected chi connectivity index (χ4v) is 5.17. The Kier molecular flexibility index (Phi) is 4.12. The highest BCUT2D eigenvalue weighted by molar-refractivity contribution is 7.89. The van der Waals surface area contributed by atoms with Gasteiger partial charge in [0, 0.05) is 20.1 Å². The van der Waals surface area contributed by atoms with E-state index in [1.165, 1.54) is 4.31 Å². The van der Waals surface area contributed by atoms with Crippen LogP contribution >= 0.6 is 0 Å². The third kappa shape index (κ3) is 2.64. The van der Waals surface area contributed by atoms with E-state index in [0.717, 1.165) is 41.8 Å². The fraction of sp³-hybridized carbons (Fsp3) is 0.350. The number of benzene rings is 2. The van der Waals surface area contributed by atoms with Gasteiger partial charge in [-0.2, -0.15) is 4.31 Å². The highest BCUT2D eigenvalue weighted by atomic mass is 32.2. The van der Waals surface area contributed by atoms with Crippen molar-refractivity contribution >= 4 is 21.6 Å². The minimum Gasteiger partial charge on any atom is -0.311 e. The highest BCUT2D eigenvalue weighted by Gasteiger charge is 2.39. The quantitative estimate of drug-likeness (QED) is 0.831. The van der Waals surface area contributed by atoms with Crippen LogP contribution < -0.4 is 4.90 Å². The van der Waals surface area contributed by atoms with Gasteiger partial charge < -0.3 is 4.90 Å². The van der Waals surface area contributed by atoms with Crippen molar-refractivity contribution in [3.8, 4) is 0 Å². The molecule has 5 nitrogen and oxygen atoms in total. The average Bonchev–Trinajstić information content (AvgIpc) is 2.89. The average molecular weight is 370 g/mol. The first-order valence-corrected chi connectivity index (χ1v) is 10.3. The highest BCUT2D eigenvalue weighted by Crippen LogP contribution is 2.44. The number of nitrogens with zero attached hydrogens (tertiary/aromatic N) is 2. The Labute approximate surface area is 154 Å². The van der Waals surface area contributed by atoms with Gasteiger partial charge in [-0.15, -0.1) is 0 Å². The Hall–Kier alpha value is -2.18. The van der Waals surface area contributed by atoms with Crippen LogP contribution in [0.3, 0.4) is 0 Å². The van der Waals surface area contributed by atoms with Crippen LogP contribution in [0.1, 0.15) is 36.0 Å². The molecule has 0 aromatic heterocycles. The first-order valence-electron chi connectivity index (χ1n) is 8.88. The first kappa shape index (κ1) is 17.2. The molecule has 2 aliphatic heterocycles. The lowest BCUT2D eigenvalue weighted by molar-refractivity contribution is -0.119.